The quantitative estimate of drug-likeness (QED) is 0.163. The van der Waals surface area contributed by atoms with E-state index in [-0.39, 0.29) is 32.9 Å². The first-order chi connectivity index (χ1) is 9.35. The third-order valence-electron chi connectivity index (χ3n) is 1.46. The van der Waals surface area contributed by atoms with Gasteiger partial charge in [0.1, 0.15) is 0 Å². The van der Waals surface area contributed by atoms with Crippen molar-refractivity contribution in [2.75, 3.05) is 39.5 Å². The van der Waals surface area contributed by atoms with Crippen LogP contribution in [-0.4, -0.2) is 58.0 Å². The van der Waals surface area contributed by atoms with Crippen LogP contribution in [0.15, 0.2) is 9.98 Å². The van der Waals surface area contributed by atoms with Crippen LogP contribution in [0.4, 0.5) is 0 Å². The van der Waals surface area contributed by atoms with Gasteiger partial charge in [-0.05, 0) is 0 Å². The average molecular weight is 291 g/mol. The lowest BCUT2D eigenvalue weighted by molar-refractivity contribution is -0.109. The molecule has 1 amide bonds. The fraction of sp³-hybridized carbons (Fsp3) is 0.667. The minimum Gasteiger partial charge on any atom is -0.356 e. The lowest BCUT2D eigenvalue weighted by Gasteiger charge is -2.15. The van der Waals surface area contributed by atoms with E-state index in [0.29, 0.717) is 13.0 Å². The molecule has 0 aromatic heterocycles. The van der Waals surface area contributed by atoms with E-state index in [1.165, 1.54) is 12.2 Å². The van der Waals surface area contributed by atoms with Crippen LogP contribution in [0.5, 0.6) is 0 Å². The summed E-state index contributed by atoms with van der Waals surface area (Å²) < 4.78 is 15.6. The number of aliphatic imine (C=N–C) groups is 2. The molecule has 10 heteroatoms. The maximum Gasteiger partial charge on any atom is 0.332 e. The largest absolute Gasteiger partial charge is 0.356 e. The number of carbonyl (C=O) groups excluding carboxylic acids is 3. The Morgan fingerprint density at radius 3 is 2.00 bits per heavy atom. The molecule has 1 N–H and O–H groups in total. The number of isocyanates is 2. The number of carbonyl (C=O) groups is 1. The highest BCUT2D eigenvalue weighted by atomic mass is 31.2. The Morgan fingerprint density at radius 1 is 1.00 bits per heavy atom. The number of nitrogens with one attached hydrogen (secondary N) is 1. The maximum absolute atomic E-state index is 10.0. The fourth-order valence-corrected chi connectivity index (χ4v) is 1.69. The van der Waals surface area contributed by atoms with Gasteiger partial charge in [0.05, 0.1) is 32.9 Å². The van der Waals surface area contributed by atoms with Crippen molar-refractivity contribution in [3.05, 3.63) is 0 Å². The smallest absolute Gasteiger partial charge is 0.332 e. The highest BCUT2D eigenvalue weighted by Gasteiger charge is 2.11. The molecular weight excluding hydrogens is 277 g/mol. The van der Waals surface area contributed by atoms with E-state index < -0.39 is 8.60 Å². The summed E-state index contributed by atoms with van der Waals surface area (Å²) in [5.74, 6) is 0. The van der Waals surface area contributed by atoms with E-state index in [2.05, 4.69) is 15.3 Å². The normalized spacial score (nSPS) is 10.9. The predicted molar refractivity (Wildman–Crippen MR) is 64.8 cm³/mol. The van der Waals surface area contributed by atoms with E-state index >= 15 is 0 Å². The van der Waals surface area contributed by atoms with Crippen LogP contribution >= 0.6 is 8.60 Å². The lowest BCUT2D eigenvalue weighted by atomic mass is 10.7. The Labute approximate surface area is 111 Å². The Kier molecular flexibility index (Phi) is 13.5. The van der Waals surface area contributed by atoms with E-state index in [9.17, 15) is 14.4 Å². The van der Waals surface area contributed by atoms with Gasteiger partial charge in [0.25, 0.3) is 0 Å². The maximum atomic E-state index is 10.0. The molecule has 0 aromatic carbocycles. The van der Waals surface area contributed by atoms with Gasteiger partial charge < -0.3 is 18.9 Å². The number of hydrogen-bond acceptors (Lipinski definition) is 8. The molecule has 0 spiro atoms. The molecule has 0 rings (SSSR count). The van der Waals surface area contributed by atoms with Crippen LogP contribution in [0.1, 0.15) is 0 Å². The van der Waals surface area contributed by atoms with Gasteiger partial charge in [-0.3, -0.25) is 4.79 Å². The molecule has 0 fully saturated rings. The molecule has 0 aromatic rings. The summed E-state index contributed by atoms with van der Waals surface area (Å²) in [7, 11) is -1.65. The molecule has 0 bridgehead atoms. The Balaban J connectivity index is 3.86. The SMILES string of the molecule is O=C=NCCOP(OCCN=C=O)OCCNC=O. The van der Waals surface area contributed by atoms with Crippen LogP contribution < -0.4 is 5.32 Å². The second-order valence-corrected chi connectivity index (χ2v) is 3.96. The van der Waals surface area contributed by atoms with Crippen LogP contribution in [0.3, 0.4) is 0 Å². The summed E-state index contributed by atoms with van der Waals surface area (Å²) >= 11 is 0. The molecule has 0 aliphatic heterocycles. The van der Waals surface area contributed by atoms with Gasteiger partial charge in [-0.15, -0.1) is 0 Å². The first-order valence-corrected chi connectivity index (χ1v) is 6.38. The summed E-state index contributed by atoms with van der Waals surface area (Å²) in [6, 6.07) is 0. The van der Waals surface area contributed by atoms with Crippen LogP contribution in [0.25, 0.3) is 0 Å². The Hall–Kier alpha value is -1.46. The fourth-order valence-electron chi connectivity index (χ4n) is 0.763. The van der Waals surface area contributed by atoms with E-state index in [0.717, 1.165) is 0 Å². The van der Waals surface area contributed by atoms with Crippen molar-refractivity contribution in [3.8, 4) is 0 Å². The molecule has 0 unspecified atom stereocenters. The standard InChI is InChI=1S/C9H14N3O6P/c13-7-10-1-4-16-19(17-5-2-11-8-14)18-6-3-12-9-15/h7H,1-6H2,(H,10,13). The molecule has 9 nitrogen and oxygen atoms in total. The number of amides is 1. The van der Waals surface area contributed by atoms with E-state index in [4.69, 9.17) is 13.6 Å². The molecule has 0 aliphatic carbocycles. The third kappa shape index (κ3) is 12.8. The van der Waals surface area contributed by atoms with Gasteiger partial charge in [0.15, 0.2) is 0 Å². The second kappa shape index (κ2) is 14.6. The lowest BCUT2D eigenvalue weighted by Crippen LogP contribution is -2.17. The Bertz CT molecular complexity index is 306. The first-order valence-electron chi connectivity index (χ1n) is 5.28. The van der Waals surface area contributed by atoms with Crippen LogP contribution in [0.2, 0.25) is 0 Å². The highest BCUT2D eigenvalue weighted by Crippen LogP contribution is 2.38. The monoisotopic (exact) mass is 291 g/mol. The molecule has 0 aliphatic rings. The zero-order valence-electron chi connectivity index (χ0n) is 10.1. The van der Waals surface area contributed by atoms with Crippen molar-refractivity contribution in [3.63, 3.8) is 0 Å². The van der Waals surface area contributed by atoms with E-state index in [1.807, 2.05) is 0 Å². The van der Waals surface area contributed by atoms with Crippen molar-refractivity contribution < 1.29 is 28.0 Å². The van der Waals surface area contributed by atoms with Gasteiger partial charge >= 0.3 is 8.60 Å². The number of hydrogen-bond donors (Lipinski definition) is 1. The zero-order chi connectivity index (χ0) is 14.2. The van der Waals surface area contributed by atoms with E-state index in [1.54, 1.807) is 0 Å². The first kappa shape index (κ1) is 17.5. The topological polar surface area (TPSA) is 116 Å². The van der Waals surface area contributed by atoms with Crippen molar-refractivity contribution >= 4 is 27.2 Å². The summed E-state index contributed by atoms with van der Waals surface area (Å²) in [4.78, 5) is 36.3. The molecule has 106 valence electrons. The molecule has 19 heavy (non-hydrogen) atoms. The molecule has 0 saturated heterocycles. The van der Waals surface area contributed by atoms with Crippen LogP contribution in [-0.2, 0) is 28.0 Å². The second-order valence-electron chi connectivity index (χ2n) is 2.74. The summed E-state index contributed by atoms with van der Waals surface area (Å²) in [5.41, 5.74) is 0. The predicted octanol–water partition coefficient (Wildman–Crippen LogP) is -0.319. The van der Waals surface area contributed by atoms with Gasteiger partial charge in [0.2, 0.25) is 18.6 Å². The molecular formula is C9H14N3O6P. The molecule has 0 saturated carbocycles. The molecule has 0 heterocycles. The van der Waals surface area contributed by atoms with Crippen molar-refractivity contribution in [2.24, 2.45) is 9.98 Å². The summed E-state index contributed by atoms with van der Waals surface area (Å²) in [6.45, 7) is 1.09. The third-order valence-corrected chi connectivity index (χ3v) is 2.64. The van der Waals surface area contributed by atoms with Crippen molar-refractivity contribution in [2.45, 2.75) is 0 Å². The molecule has 0 radical (unpaired) electrons. The minimum absolute atomic E-state index is 0.138. The Morgan fingerprint density at radius 2 is 1.53 bits per heavy atom. The van der Waals surface area contributed by atoms with Gasteiger partial charge in [-0.1, -0.05) is 0 Å². The summed E-state index contributed by atoms with van der Waals surface area (Å²) in [5, 5.41) is 2.41. The zero-order valence-corrected chi connectivity index (χ0v) is 11.0. The van der Waals surface area contributed by atoms with Gasteiger partial charge in [0, 0.05) is 6.54 Å². The highest BCUT2D eigenvalue weighted by molar-refractivity contribution is 7.41. The summed E-state index contributed by atoms with van der Waals surface area (Å²) in [6.07, 6.45) is 3.30. The van der Waals surface area contributed by atoms with Crippen molar-refractivity contribution in [1.82, 2.24) is 5.32 Å². The number of nitrogens with zero attached hydrogens (tertiary/aromatic N) is 2. The number of rotatable bonds is 13. The minimum atomic E-state index is -1.65. The van der Waals surface area contributed by atoms with Crippen LogP contribution in [0, 0.1) is 0 Å². The molecule has 0 atom stereocenters. The average Bonchev–Trinajstić information content (AvgIpc) is 2.43. The van der Waals surface area contributed by atoms with Gasteiger partial charge in [-0.25, -0.2) is 19.6 Å². The van der Waals surface area contributed by atoms with Gasteiger partial charge in [-0.2, -0.15) is 0 Å². The van der Waals surface area contributed by atoms with Crippen molar-refractivity contribution in [1.29, 1.82) is 0 Å².